The molecule has 5 nitrogen and oxygen atoms in total. The zero-order valence-electron chi connectivity index (χ0n) is 9.40. The number of rotatable bonds is 5. The minimum Gasteiger partial charge on any atom is -0.488 e. The first-order valence-electron chi connectivity index (χ1n) is 4.94. The van der Waals surface area contributed by atoms with Crippen molar-refractivity contribution >= 4 is 5.91 Å². The number of carbonyl (C=O) groups excluding carboxylic acids is 1. The van der Waals surface area contributed by atoms with E-state index in [1.54, 1.807) is 31.4 Å². The van der Waals surface area contributed by atoms with Gasteiger partial charge in [-0.3, -0.25) is 10.2 Å². The van der Waals surface area contributed by atoms with Crippen molar-refractivity contribution in [2.75, 3.05) is 13.7 Å². The molecule has 0 bridgehead atoms. The molecule has 5 heteroatoms. The van der Waals surface area contributed by atoms with Crippen molar-refractivity contribution in [3.63, 3.8) is 0 Å². The highest BCUT2D eigenvalue weighted by Crippen LogP contribution is 2.13. The molecule has 16 heavy (non-hydrogen) atoms. The number of carbonyl (C=O) groups is 1. The van der Waals surface area contributed by atoms with E-state index in [1.807, 2.05) is 6.92 Å². The van der Waals surface area contributed by atoms with E-state index in [2.05, 4.69) is 5.43 Å². The molecule has 1 aromatic carbocycles. The van der Waals surface area contributed by atoms with Gasteiger partial charge in [0, 0.05) is 12.7 Å². The van der Waals surface area contributed by atoms with Crippen LogP contribution in [0, 0.1) is 0 Å². The summed E-state index contributed by atoms with van der Waals surface area (Å²) < 4.78 is 10.5. The summed E-state index contributed by atoms with van der Waals surface area (Å²) in [5, 5.41) is 0. The fourth-order valence-electron chi connectivity index (χ4n) is 1.27. The summed E-state index contributed by atoms with van der Waals surface area (Å²) in [5.41, 5.74) is 2.56. The molecule has 0 unspecified atom stereocenters. The predicted molar refractivity (Wildman–Crippen MR) is 60.1 cm³/mol. The summed E-state index contributed by atoms with van der Waals surface area (Å²) in [6.07, 6.45) is -0.0285. The van der Waals surface area contributed by atoms with Gasteiger partial charge in [-0.15, -0.1) is 0 Å². The largest absolute Gasteiger partial charge is 0.488 e. The van der Waals surface area contributed by atoms with Gasteiger partial charge in [0.25, 0.3) is 5.91 Å². The van der Waals surface area contributed by atoms with Gasteiger partial charge in [-0.05, 0) is 31.2 Å². The topological polar surface area (TPSA) is 73.6 Å². The second kappa shape index (κ2) is 6.09. The Bertz CT molecular complexity index is 338. The van der Waals surface area contributed by atoms with Crippen LogP contribution >= 0.6 is 0 Å². The molecule has 0 radical (unpaired) electrons. The molecule has 0 spiro atoms. The lowest BCUT2D eigenvalue weighted by atomic mass is 10.2. The highest BCUT2D eigenvalue weighted by Gasteiger charge is 2.05. The molecule has 1 atom stereocenters. The molecule has 0 aliphatic carbocycles. The lowest BCUT2D eigenvalue weighted by Crippen LogP contribution is -2.29. The number of nitrogen functional groups attached to an aromatic ring is 1. The van der Waals surface area contributed by atoms with Gasteiger partial charge in [0.1, 0.15) is 11.9 Å². The Hall–Kier alpha value is -1.59. The first-order valence-corrected chi connectivity index (χ1v) is 4.94. The van der Waals surface area contributed by atoms with E-state index in [0.717, 1.165) is 0 Å². The van der Waals surface area contributed by atoms with Crippen molar-refractivity contribution in [1.82, 2.24) is 5.43 Å². The van der Waals surface area contributed by atoms with Crippen molar-refractivity contribution in [3.05, 3.63) is 29.8 Å². The Labute approximate surface area is 94.5 Å². The Morgan fingerprint density at radius 1 is 1.44 bits per heavy atom. The van der Waals surface area contributed by atoms with E-state index in [-0.39, 0.29) is 12.0 Å². The summed E-state index contributed by atoms with van der Waals surface area (Å²) in [6, 6.07) is 6.74. The summed E-state index contributed by atoms with van der Waals surface area (Å²) in [6.45, 7) is 2.43. The zero-order chi connectivity index (χ0) is 12.0. The number of hydrogen-bond acceptors (Lipinski definition) is 4. The molecular weight excluding hydrogens is 208 g/mol. The van der Waals surface area contributed by atoms with Gasteiger partial charge in [0.05, 0.1) is 6.61 Å². The van der Waals surface area contributed by atoms with Crippen molar-refractivity contribution in [3.8, 4) is 5.75 Å². The van der Waals surface area contributed by atoms with Crippen LogP contribution in [0.3, 0.4) is 0 Å². The fourth-order valence-corrected chi connectivity index (χ4v) is 1.27. The average molecular weight is 224 g/mol. The first-order chi connectivity index (χ1) is 7.67. The normalized spacial score (nSPS) is 11.9. The SMILES string of the molecule is COC[C@@H](C)Oc1ccc(C(=O)NN)cc1. The summed E-state index contributed by atoms with van der Waals surface area (Å²) in [5.74, 6) is 5.39. The van der Waals surface area contributed by atoms with Crippen LogP contribution in [0.15, 0.2) is 24.3 Å². The number of hydrogen-bond donors (Lipinski definition) is 2. The molecular formula is C11H16N2O3. The van der Waals surface area contributed by atoms with Gasteiger partial charge >= 0.3 is 0 Å². The van der Waals surface area contributed by atoms with E-state index >= 15 is 0 Å². The molecule has 3 N–H and O–H groups in total. The Balaban J connectivity index is 2.61. The lowest BCUT2D eigenvalue weighted by molar-refractivity contribution is 0.0919. The van der Waals surface area contributed by atoms with Crippen LogP contribution in [0.25, 0.3) is 0 Å². The smallest absolute Gasteiger partial charge is 0.265 e. The van der Waals surface area contributed by atoms with Crippen LogP contribution < -0.4 is 16.0 Å². The standard InChI is InChI=1S/C11H16N2O3/c1-8(7-15-2)16-10-5-3-9(4-6-10)11(14)13-12/h3-6,8H,7,12H2,1-2H3,(H,13,14)/t8-/m1/s1. The fraction of sp³-hybridized carbons (Fsp3) is 0.364. The monoisotopic (exact) mass is 224 g/mol. The lowest BCUT2D eigenvalue weighted by Gasteiger charge is -2.13. The Morgan fingerprint density at radius 3 is 2.56 bits per heavy atom. The molecule has 0 aliphatic rings. The van der Waals surface area contributed by atoms with Gasteiger partial charge in [0.15, 0.2) is 0 Å². The number of amides is 1. The molecule has 1 amide bonds. The van der Waals surface area contributed by atoms with E-state index in [4.69, 9.17) is 15.3 Å². The van der Waals surface area contributed by atoms with E-state index in [1.165, 1.54) is 0 Å². The van der Waals surface area contributed by atoms with Crippen molar-refractivity contribution in [1.29, 1.82) is 0 Å². The summed E-state index contributed by atoms with van der Waals surface area (Å²) >= 11 is 0. The second-order valence-corrected chi connectivity index (χ2v) is 3.38. The zero-order valence-corrected chi connectivity index (χ0v) is 9.40. The van der Waals surface area contributed by atoms with Gasteiger partial charge in [-0.25, -0.2) is 5.84 Å². The van der Waals surface area contributed by atoms with Crippen LogP contribution in [-0.4, -0.2) is 25.7 Å². The highest BCUT2D eigenvalue weighted by atomic mass is 16.5. The Kier molecular flexibility index (Phi) is 4.75. The number of ether oxygens (including phenoxy) is 2. The maximum Gasteiger partial charge on any atom is 0.265 e. The third-order valence-corrected chi connectivity index (χ3v) is 1.99. The van der Waals surface area contributed by atoms with Gasteiger partial charge in [0.2, 0.25) is 0 Å². The minimum atomic E-state index is -0.323. The summed E-state index contributed by atoms with van der Waals surface area (Å²) in [4.78, 5) is 11.2. The summed E-state index contributed by atoms with van der Waals surface area (Å²) in [7, 11) is 1.62. The van der Waals surface area contributed by atoms with Crippen LogP contribution in [0.2, 0.25) is 0 Å². The molecule has 0 saturated carbocycles. The quantitative estimate of drug-likeness (QED) is 0.439. The predicted octanol–water partition coefficient (Wildman–Crippen LogP) is 0.704. The molecule has 0 fully saturated rings. The third-order valence-electron chi connectivity index (χ3n) is 1.99. The first kappa shape index (κ1) is 12.5. The van der Waals surface area contributed by atoms with Gasteiger partial charge in [-0.2, -0.15) is 0 Å². The number of nitrogens with one attached hydrogen (secondary N) is 1. The number of nitrogens with two attached hydrogens (primary N) is 1. The Morgan fingerprint density at radius 2 is 2.06 bits per heavy atom. The molecule has 0 heterocycles. The number of benzene rings is 1. The van der Waals surface area contributed by atoms with Crippen molar-refractivity contribution < 1.29 is 14.3 Å². The molecule has 1 aromatic rings. The minimum absolute atomic E-state index is 0.0285. The maximum absolute atomic E-state index is 11.2. The molecule has 1 rings (SSSR count). The van der Waals surface area contributed by atoms with E-state index < -0.39 is 0 Å². The highest BCUT2D eigenvalue weighted by molar-refractivity contribution is 5.93. The van der Waals surface area contributed by atoms with Crippen LogP contribution in [0.4, 0.5) is 0 Å². The molecule has 0 aliphatic heterocycles. The van der Waals surface area contributed by atoms with Gasteiger partial charge < -0.3 is 9.47 Å². The van der Waals surface area contributed by atoms with E-state index in [9.17, 15) is 4.79 Å². The molecule has 0 saturated heterocycles. The second-order valence-electron chi connectivity index (χ2n) is 3.38. The van der Waals surface area contributed by atoms with Crippen LogP contribution in [-0.2, 0) is 4.74 Å². The number of hydrazine groups is 1. The van der Waals surface area contributed by atoms with E-state index in [0.29, 0.717) is 17.9 Å². The van der Waals surface area contributed by atoms with Crippen LogP contribution in [0.1, 0.15) is 17.3 Å². The molecule has 88 valence electrons. The van der Waals surface area contributed by atoms with Gasteiger partial charge in [-0.1, -0.05) is 0 Å². The van der Waals surface area contributed by atoms with Crippen LogP contribution in [0.5, 0.6) is 5.75 Å². The maximum atomic E-state index is 11.2. The third kappa shape index (κ3) is 3.52. The van der Waals surface area contributed by atoms with Crippen molar-refractivity contribution in [2.24, 2.45) is 5.84 Å². The molecule has 0 aromatic heterocycles. The number of methoxy groups -OCH3 is 1. The average Bonchev–Trinajstić information content (AvgIpc) is 2.29. The van der Waals surface area contributed by atoms with Crippen molar-refractivity contribution in [2.45, 2.75) is 13.0 Å².